The summed E-state index contributed by atoms with van der Waals surface area (Å²) in [6.07, 6.45) is -0.149. The van der Waals surface area contributed by atoms with E-state index >= 15 is 0 Å². The lowest BCUT2D eigenvalue weighted by molar-refractivity contribution is -0.154. The summed E-state index contributed by atoms with van der Waals surface area (Å²) in [4.78, 5) is 33.7. The van der Waals surface area contributed by atoms with Gasteiger partial charge < -0.3 is 9.68 Å². The Balaban J connectivity index is 1.84. The summed E-state index contributed by atoms with van der Waals surface area (Å²) in [5.74, 6) is -1.92. The van der Waals surface area contributed by atoms with Gasteiger partial charge in [0.2, 0.25) is 0 Å². The molecule has 0 spiro atoms. The van der Waals surface area contributed by atoms with Crippen molar-refractivity contribution in [2.75, 3.05) is 0 Å². The van der Waals surface area contributed by atoms with Crippen molar-refractivity contribution in [1.29, 1.82) is 0 Å². The molecule has 0 amide bonds. The second-order valence-electron chi connectivity index (χ2n) is 6.06. The monoisotopic (exact) mass is 366 g/mol. The highest BCUT2D eigenvalue weighted by atomic mass is 16.7. The molecule has 27 heavy (non-hydrogen) atoms. The van der Waals surface area contributed by atoms with Crippen LogP contribution in [0.2, 0.25) is 0 Å². The van der Waals surface area contributed by atoms with Crippen molar-refractivity contribution < 1.29 is 19.3 Å². The minimum Gasteiger partial charge on any atom is -0.318 e. The van der Waals surface area contributed by atoms with Gasteiger partial charge in [0.15, 0.2) is 0 Å². The molecule has 140 valence electrons. The first kappa shape index (κ1) is 20.0. The second kappa shape index (κ2) is 10.0. The van der Waals surface area contributed by atoms with Crippen LogP contribution in [-0.4, -0.2) is 23.4 Å². The van der Waals surface area contributed by atoms with Crippen LogP contribution < -0.4 is 0 Å². The highest BCUT2D eigenvalue weighted by Crippen LogP contribution is 2.09. The van der Waals surface area contributed by atoms with Gasteiger partial charge in [-0.15, -0.1) is 0 Å². The van der Waals surface area contributed by atoms with E-state index in [-0.39, 0.29) is 6.42 Å². The number of hydrogen-bond acceptors (Lipinski definition) is 6. The number of rotatable bonds is 7. The van der Waals surface area contributed by atoms with Crippen molar-refractivity contribution in [2.45, 2.75) is 27.2 Å². The molecule has 1 atom stereocenters. The fourth-order valence-electron chi connectivity index (χ4n) is 2.16. The normalized spacial score (nSPS) is 13.0. The van der Waals surface area contributed by atoms with E-state index in [2.05, 4.69) is 10.3 Å². The largest absolute Gasteiger partial charge is 0.338 e. The summed E-state index contributed by atoms with van der Waals surface area (Å²) in [6, 6.07) is 18.7. The van der Waals surface area contributed by atoms with Crippen LogP contribution in [-0.2, 0) is 19.3 Å². The molecule has 6 heteroatoms. The maximum Gasteiger partial charge on any atom is 0.338 e. The third-order valence-corrected chi connectivity index (χ3v) is 3.82. The van der Waals surface area contributed by atoms with E-state index in [1.807, 2.05) is 60.7 Å². The smallest absolute Gasteiger partial charge is 0.318 e. The van der Waals surface area contributed by atoms with Crippen molar-refractivity contribution in [2.24, 2.45) is 16.2 Å². The Labute approximate surface area is 158 Å². The number of hydrogen-bond donors (Lipinski definition) is 0. The predicted molar refractivity (Wildman–Crippen MR) is 103 cm³/mol. The molecular weight excluding hydrogens is 344 g/mol. The number of carbonyl (C=O) groups is 2. The fourth-order valence-corrected chi connectivity index (χ4v) is 2.16. The van der Waals surface area contributed by atoms with Crippen LogP contribution >= 0.6 is 0 Å². The summed E-state index contributed by atoms with van der Waals surface area (Å²) < 4.78 is 0. The first-order chi connectivity index (χ1) is 13.0. The molecule has 0 radical (unpaired) electrons. The summed E-state index contributed by atoms with van der Waals surface area (Å²) in [6.45, 7) is 5.05. The van der Waals surface area contributed by atoms with Crippen molar-refractivity contribution in [3.63, 3.8) is 0 Å². The van der Waals surface area contributed by atoms with Gasteiger partial charge in [0.1, 0.15) is 0 Å². The van der Waals surface area contributed by atoms with Gasteiger partial charge in [-0.25, -0.2) is 9.59 Å². The first-order valence-electron chi connectivity index (χ1n) is 8.58. The summed E-state index contributed by atoms with van der Waals surface area (Å²) >= 11 is 0. The lowest BCUT2D eigenvalue weighted by Crippen LogP contribution is -2.18. The Kier molecular flexibility index (Phi) is 7.43. The average molecular weight is 366 g/mol. The van der Waals surface area contributed by atoms with Gasteiger partial charge in [-0.1, -0.05) is 77.9 Å². The standard InChI is InChI=1S/C21H22N2O4/c1-15(21(25)27-23-17(3)19-12-8-5-9-13-19)14-20(24)26-22-16(2)18-10-6-4-7-11-18/h4-13,15H,14H2,1-3H3. The first-order valence-corrected chi connectivity index (χ1v) is 8.58. The molecule has 2 rings (SSSR count). The topological polar surface area (TPSA) is 77.3 Å². The molecule has 0 heterocycles. The van der Waals surface area contributed by atoms with E-state index in [0.29, 0.717) is 11.4 Å². The van der Waals surface area contributed by atoms with Gasteiger partial charge in [-0.05, 0) is 25.0 Å². The Morgan fingerprint density at radius 3 is 1.74 bits per heavy atom. The molecule has 0 aliphatic rings. The molecule has 6 nitrogen and oxygen atoms in total. The summed E-state index contributed by atoms with van der Waals surface area (Å²) in [7, 11) is 0. The highest BCUT2D eigenvalue weighted by Gasteiger charge is 2.20. The number of oxime groups is 2. The number of carbonyl (C=O) groups excluding carboxylic acids is 2. The fraction of sp³-hybridized carbons (Fsp3) is 0.238. The average Bonchev–Trinajstić information content (AvgIpc) is 2.71. The lowest BCUT2D eigenvalue weighted by Gasteiger charge is -2.07. The van der Waals surface area contributed by atoms with Crippen LogP contribution in [0, 0.1) is 5.92 Å². The van der Waals surface area contributed by atoms with E-state index in [1.165, 1.54) is 0 Å². The molecule has 0 aromatic heterocycles. The minimum absolute atomic E-state index is 0.149. The zero-order chi connectivity index (χ0) is 19.6. The Bertz CT molecular complexity index is 830. The molecule has 0 saturated heterocycles. The number of nitrogens with zero attached hydrogens (tertiary/aromatic N) is 2. The summed E-state index contributed by atoms with van der Waals surface area (Å²) in [5.41, 5.74) is 2.84. The zero-order valence-corrected chi connectivity index (χ0v) is 15.6. The molecule has 0 aliphatic carbocycles. The molecule has 2 aromatic rings. The quantitative estimate of drug-likeness (QED) is 0.422. The third kappa shape index (κ3) is 6.51. The summed E-state index contributed by atoms with van der Waals surface area (Å²) in [5, 5.41) is 7.63. The molecule has 0 aliphatic heterocycles. The van der Waals surface area contributed by atoms with Crippen LogP contribution in [0.1, 0.15) is 38.3 Å². The minimum atomic E-state index is -0.697. The van der Waals surface area contributed by atoms with Crippen molar-refractivity contribution in [1.82, 2.24) is 0 Å². The second-order valence-corrected chi connectivity index (χ2v) is 6.06. The Morgan fingerprint density at radius 1 is 0.815 bits per heavy atom. The van der Waals surface area contributed by atoms with Gasteiger partial charge in [-0.3, -0.25) is 0 Å². The van der Waals surface area contributed by atoms with E-state index in [0.717, 1.165) is 11.1 Å². The molecule has 0 saturated carbocycles. The molecule has 0 N–H and O–H groups in total. The zero-order valence-electron chi connectivity index (χ0n) is 15.6. The van der Waals surface area contributed by atoms with Crippen LogP contribution in [0.25, 0.3) is 0 Å². The van der Waals surface area contributed by atoms with Crippen LogP contribution in [0.4, 0.5) is 0 Å². The third-order valence-electron chi connectivity index (χ3n) is 3.82. The molecule has 0 bridgehead atoms. The number of benzene rings is 2. The van der Waals surface area contributed by atoms with E-state index in [9.17, 15) is 9.59 Å². The maximum atomic E-state index is 12.0. The van der Waals surface area contributed by atoms with Crippen molar-refractivity contribution >= 4 is 23.4 Å². The van der Waals surface area contributed by atoms with Crippen molar-refractivity contribution in [3.05, 3.63) is 71.8 Å². The van der Waals surface area contributed by atoms with E-state index < -0.39 is 17.9 Å². The highest BCUT2D eigenvalue weighted by molar-refractivity contribution is 5.99. The Morgan fingerprint density at radius 2 is 1.26 bits per heavy atom. The Hall–Kier alpha value is -3.28. The van der Waals surface area contributed by atoms with Crippen LogP contribution in [0.15, 0.2) is 71.0 Å². The molecule has 2 aromatic carbocycles. The maximum absolute atomic E-state index is 12.0. The van der Waals surface area contributed by atoms with Gasteiger partial charge in [0.05, 0.1) is 23.8 Å². The molecule has 1 unspecified atom stereocenters. The SMILES string of the molecule is CC(=NOC(=O)CC(C)C(=O)ON=C(C)c1ccccc1)c1ccccc1. The van der Waals surface area contributed by atoms with Crippen LogP contribution in [0.3, 0.4) is 0 Å². The van der Waals surface area contributed by atoms with Gasteiger partial charge in [0.25, 0.3) is 0 Å². The van der Waals surface area contributed by atoms with E-state index in [4.69, 9.17) is 9.68 Å². The molecule has 0 fully saturated rings. The van der Waals surface area contributed by atoms with Gasteiger partial charge >= 0.3 is 11.9 Å². The van der Waals surface area contributed by atoms with Crippen molar-refractivity contribution in [3.8, 4) is 0 Å². The van der Waals surface area contributed by atoms with Gasteiger partial charge in [0, 0.05) is 0 Å². The predicted octanol–water partition coefficient (Wildman–Crippen LogP) is 3.95. The lowest BCUT2D eigenvalue weighted by atomic mass is 10.1. The van der Waals surface area contributed by atoms with Gasteiger partial charge in [-0.2, -0.15) is 0 Å². The molecular formula is C21H22N2O4. The van der Waals surface area contributed by atoms with Crippen LogP contribution in [0.5, 0.6) is 0 Å². The van der Waals surface area contributed by atoms with E-state index in [1.54, 1.807) is 20.8 Å².